The molecule has 314 valence electrons. The molecule has 59 heavy (non-hydrogen) atoms. The summed E-state index contributed by atoms with van der Waals surface area (Å²) in [6.45, 7) is 5.70. The highest BCUT2D eigenvalue weighted by atomic mass is 32.1. The van der Waals surface area contributed by atoms with E-state index in [9.17, 15) is 46.4 Å². The first-order valence-corrected chi connectivity index (χ1v) is 19.4. The predicted octanol–water partition coefficient (Wildman–Crippen LogP) is 4.93. The summed E-state index contributed by atoms with van der Waals surface area (Å²) >= 11 is 4.65. The Balaban J connectivity index is 1.02. The first kappa shape index (κ1) is 43.1. The van der Waals surface area contributed by atoms with Crippen molar-refractivity contribution in [2.24, 2.45) is 0 Å². The topological polar surface area (TPSA) is 150 Å². The van der Waals surface area contributed by atoms with Crippen molar-refractivity contribution >= 4 is 59.0 Å². The third-order valence-corrected chi connectivity index (χ3v) is 11.0. The lowest BCUT2D eigenvalue weighted by molar-refractivity contribution is -0.138. The number of nitrogens with zero attached hydrogens (tertiary/aromatic N) is 5. The van der Waals surface area contributed by atoms with E-state index in [4.69, 9.17) is 4.74 Å². The normalized spacial score (nSPS) is 20.0. The maximum Gasteiger partial charge on any atom is 0.417 e. The van der Waals surface area contributed by atoms with Gasteiger partial charge in [0.2, 0.25) is 17.7 Å². The number of rotatable bonds is 13. The number of carbonyl (C=O) groups is 4. The molecule has 0 aliphatic carbocycles. The number of thiol groups is 1. The van der Waals surface area contributed by atoms with Crippen LogP contribution < -0.4 is 30.5 Å². The fourth-order valence-electron chi connectivity index (χ4n) is 7.37. The molecular weight excluding hydrogens is 800 g/mol. The molecule has 3 aliphatic heterocycles. The van der Waals surface area contributed by atoms with E-state index in [1.54, 1.807) is 36.9 Å². The lowest BCUT2D eigenvalue weighted by Gasteiger charge is -2.34. The van der Waals surface area contributed by atoms with Crippen LogP contribution in [-0.2, 0) is 31.8 Å². The zero-order chi connectivity index (χ0) is 42.6. The zero-order valence-electron chi connectivity index (χ0n) is 32.2. The lowest BCUT2D eigenvalue weighted by Crippen LogP contribution is -2.49. The molecule has 3 aliphatic rings. The Morgan fingerprint density at radius 3 is 2.41 bits per heavy atom. The molecule has 13 nitrogen and oxygen atoms in total. The predicted molar refractivity (Wildman–Crippen MR) is 212 cm³/mol. The number of nitriles is 1. The van der Waals surface area contributed by atoms with Crippen LogP contribution in [0, 0.1) is 17.1 Å². The SMILES string of the molecule is CC1(C)C(=O)N(c2ccc(C#N)c(C(F)(F)F)c2)C(S)N1c1ccc(OCCN2CCN(CC(=O)Nc3cc(NC4CCC(=O)NC4=O)ccc3F)CC2)c(CCF)c1. The second-order valence-electron chi connectivity index (χ2n) is 14.9. The van der Waals surface area contributed by atoms with Crippen LogP contribution in [0.2, 0.25) is 0 Å². The van der Waals surface area contributed by atoms with Crippen molar-refractivity contribution in [3.63, 3.8) is 0 Å². The fraction of sp³-hybridized carbons (Fsp3) is 0.425. The molecule has 0 spiro atoms. The second-order valence-corrected chi connectivity index (χ2v) is 15.3. The average molecular weight is 843 g/mol. The Labute approximate surface area is 342 Å². The molecule has 3 heterocycles. The van der Waals surface area contributed by atoms with Crippen molar-refractivity contribution < 1.29 is 45.9 Å². The maximum atomic E-state index is 14.6. The van der Waals surface area contributed by atoms with Gasteiger partial charge in [-0.3, -0.25) is 43.6 Å². The molecule has 3 saturated heterocycles. The highest BCUT2D eigenvalue weighted by Gasteiger charge is 2.52. The highest BCUT2D eigenvalue weighted by molar-refractivity contribution is 7.81. The number of anilines is 4. The summed E-state index contributed by atoms with van der Waals surface area (Å²) in [4.78, 5) is 56.9. The van der Waals surface area contributed by atoms with Gasteiger partial charge in [0.05, 0.1) is 36.1 Å². The summed E-state index contributed by atoms with van der Waals surface area (Å²) in [6, 6.07) is 13.0. The second kappa shape index (κ2) is 17.8. The standard InChI is InChI=1S/C40H43F5N8O5S/c1-39(2)37(57)52(27-5-3-25(22-46)29(21-27)40(43,44)45)38(59)53(39)28-6-9-33(24(19-28)11-12-41)58-18-17-50-13-15-51(16-14-50)23-35(55)48-32-20-26(4-7-30(32)42)47-31-8-10-34(54)49-36(31)56/h3-7,9,19-21,31,38,47,59H,8,10-18,23H2,1-2H3,(H,48,55)(H,49,54,56). The minimum Gasteiger partial charge on any atom is -0.492 e. The minimum absolute atomic E-state index is 0.00217. The first-order chi connectivity index (χ1) is 28.0. The van der Waals surface area contributed by atoms with E-state index in [1.165, 1.54) is 30.3 Å². The van der Waals surface area contributed by atoms with E-state index >= 15 is 0 Å². The molecule has 3 aromatic rings. The Morgan fingerprint density at radius 1 is 1.02 bits per heavy atom. The number of nitrogens with one attached hydrogen (secondary N) is 3. The van der Waals surface area contributed by atoms with E-state index < -0.39 is 64.6 Å². The quantitative estimate of drug-likeness (QED) is 0.106. The summed E-state index contributed by atoms with van der Waals surface area (Å²) in [7, 11) is 0. The molecule has 0 bridgehead atoms. The fourth-order valence-corrected chi connectivity index (χ4v) is 8.03. The van der Waals surface area contributed by atoms with E-state index in [-0.39, 0.29) is 43.3 Å². The van der Waals surface area contributed by atoms with Crippen LogP contribution in [-0.4, -0.2) is 103 Å². The van der Waals surface area contributed by atoms with Crippen LogP contribution in [0.1, 0.15) is 43.4 Å². The van der Waals surface area contributed by atoms with Gasteiger partial charge in [0, 0.05) is 62.6 Å². The summed E-state index contributed by atoms with van der Waals surface area (Å²) in [5.41, 5.74) is -2.75. The Bertz CT molecular complexity index is 2140. The van der Waals surface area contributed by atoms with E-state index in [0.29, 0.717) is 61.8 Å². The smallest absolute Gasteiger partial charge is 0.417 e. The molecule has 0 aromatic heterocycles. The summed E-state index contributed by atoms with van der Waals surface area (Å²) < 4.78 is 75.8. The Morgan fingerprint density at radius 2 is 1.73 bits per heavy atom. The van der Waals surface area contributed by atoms with Crippen molar-refractivity contribution in [2.45, 2.75) is 56.4 Å². The zero-order valence-corrected chi connectivity index (χ0v) is 33.1. The first-order valence-electron chi connectivity index (χ1n) is 18.9. The van der Waals surface area contributed by atoms with Crippen molar-refractivity contribution in [1.29, 1.82) is 5.26 Å². The van der Waals surface area contributed by atoms with Crippen molar-refractivity contribution in [3.05, 3.63) is 77.1 Å². The number of hydrogen-bond donors (Lipinski definition) is 4. The number of carbonyl (C=O) groups excluding carboxylic acids is 4. The number of amides is 4. The molecule has 2 atom stereocenters. The summed E-state index contributed by atoms with van der Waals surface area (Å²) in [5, 5.41) is 17.1. The molecule has 6 rings (SSSR count). The summed E-state index contributed by atoms with van der Waals surface area (Å²) in [6.07, 6.45) is -4.35. The Hall–Kier alpha value is -5.45. The van der Waals surface area contributed by atoms with Crippen LogP contribution in [0.4, 0.5) is 44.7 Å². The number of hydrogen-bond acceptors (Lipinski definition) is 11. The monoisotopic (exact) mass is 842 g/mol. The van der Waals surface area contributed by atoms with Gasteiger partial charge in [-0.2, -0.15) is 18.4 Å². The number of piperazine rings is 1. The van der Waals surface area contributed by atoms with E-state index in [0.717, 1.165) is 17.0 Å². The highest BCUT2D eigenvalue weighted by Crippen LogP contribution is 2.43. The molecule has 3 aromatic carbocycles. The number of benzene rings is 3. The Kier molecular flexibility index (Phi) is 13.0. The van der Waals surface area contributed by atoms with Gasteiger partial charge in [-0.15, -0.1) is 12.6 Å². The number of ether oxygens (including phenoxy) is 1. The van der Waals surface area contributed by atoms with Gasteiger partial charge in [0.15, 0.2) is 5.50 Å². The maximum absolute atomic E-state index is 14.6. The van der Waals surface area contributed by atoms with Gasteiger partial charge in [-0.1, -0.05) is 0 Å². The van der Waals surface area contributed by atoms with E-state index in [1.807, 2.05) is 4.90 Å². The molecule has 3 N–H and O–H groups in total. The van der Waals surface area contributed by atoms with Gasteiger partial charge in [0.1, 0.15) is 29.8 Å². The molecule has 0 saturated carbocycles. The molecule has 0 radical (unpaired) electrons. The van der Waals surface area contributed by atoms with Gasteiger partial charge in [-0.05, 0) is 80.4 Å². The summed E-state index contributed by atoms with van der Waals surface area (Å²) in [5.74, 6) is -1.97. The van der Waals surface area contributed by atoms with Crippen LogP contribution in [0.25, 0.3) is 0 Å². The van der Waals surface area contributed by atoms with Crippen LogP contribution in [0.3, 0.4) is 0 Å². The number of imide groups is 1. The number of halogens is 5. The van der Waals surface area contributed by atoms with Crippen LogP contribution in [0.15, 0.2) is 54.6 Å². The number of piperidine rings is 1. The third kappa shape index (κ3) is 9.72. The molecule has 4 amide bonds. The van der Waals surface area contributed by atoms with Gasteiger partial charge < -0.3 is 20.3 Å². The van der Waals surface area contributed by atoms with Gasteiger partial charge in [-0.25, -0.2) is 4.39 Å². The molecular formula is C40H43F5N8O5S. The van der Waals surface area contributed by atoms with Crippen molar-refractivity contribution in [1.82, 2.24) is 15.1 Å². The third-order valence-electron chi connectivity index (χ3n) is 10.5. The average Bonchev–Trinajstić information content (AvgIpc) is 3.36. The van der Waals surface area contributed by atoms with Gasteiger partial charge >= 0.3 is 6.18 Å². The number of alkyl halides is 4. The minimum atomic E-state index is -4.82. The van der Waals surface area contributed by atoms with Crippen LogP contribution >= 0.6 is 12.6 Å². The van der Waals surface area contributed by atoms with Gasteiger partial charge in [0.25, 0.3) is 5.91 Å². The molecule has 2 unspecified atom stereocenters. The molecule has 19 heteroatoms. The van der Waals surface area contributed by atoms with Crippen molar-refractivity contribution in [3.8, 4) is 11.8 Å². The van der Waals surface area contributed by atoms with Crippen LogP contribution in [0.5, 0.6) is 5.75 Å². The van der Waals surface area contributed by atoms with Crippen molar-refractivity contribution in [2.75, 3.05) is 73.0 Å². The van der Waals surface area contributed by atoms with E-state index in [2.05, 4.69) is 33.5 Å². The number of aryl methyl sites for hydroxylation is 1. The largest absolute Gasteiger partial charge is 0.492 e. The molecule has 3 fully saturated rings. The lowest BCUT2D eigenvalue weighted by atomic mass is 10.0.